The molecule has 0 atom stereocenters. The van der Waals surface area contributed by atoms with Crippen LogP contribution >= 0.6 is 0 Å². The first-order valence-corrected chi connectivity index (χ1v) is 11.4. The van der Waals surface area contributed by atoms with Crippen molar-refractivity contribution in [1.29, 1.82) is 0 Å². The van der Waals surface area contributed by atoms with Crippen LogP contribution in [0.5, 0.6) is 11.5 Å². The summed E-state index contributed by atoms with van der Waals surface area (Å²) in [4.78, 5) is 0. The van der Waals surface area contributed by atoms with Crippen LogP contribution in [0, 0.1) is 6.33 Å². The predicted octanol–water partition coefficient (Wildman–Crippen LogP) is 7.21. The maximum absolute atomic E-state index is 6.41. The summed E-state index contributed by atoms with van der Waals surface area (Å²) in [6, 6.07) is 25.7. The molecule has 0 aliphatic carbocycles. The molecule has 3 nitrogen and oxygen atoms in total. The Morgan fingerprint density at radius 2 is 1.41 bits per heavy atom. The van der Waals surface area contributed by atoms with Crippen LogP contribution in [0.1, 0.15) is 50.7 Å². The number of para-hydroxylation sites is 2. The van der Waals surface area contributed by atoms with Crippen LogP contribution in [0.4, 0.5) is 0 Å². The van der Waals surface area contributed by atoms with E-state index in [-0.39, 0.29) is 0 Å². The molecule has 0 N–H and O–H groups in total. The summed E-state index contributed by atoms with van der Waals surface area (Å²) in [6.45, 7) is 9.04. The second kappa shape index (κ2) is 6.96. The van der Waals surface area contributed by atoms with Crippen LogP contribution in [-0.4, -0.2) is 4.57 Å². The smallest absolute Gasteiger partial charge is 0.270 e. The molecule has 0 spiro atoms. The fourth-order valence-electron chi connectivity index (χ4n) is 4.90. The highest BCUT2D eigenvalue weighted by molar-refractivity contribution is 5.89. The van der Waals surface area contributed by atoms with Gasteiger partial charge in [-0.2, -0.15) is 0 Å². The second-order valence-corrected chi connectivity index (χ2v) is 9.26. The van der Waals surface area contributed by atoms with Gasteiger partial charge >= 0.3 is 0 Å². The summed E-state index contributed by atoms with van der Waals surface area (Å²) >= 11 is 0. The molecule has 0 saturated carbocycles. The quantitative estimate of drug-likeness (QED) is 0.219. The molecular weight excluding hydrogens is 392 g/mol. The number of fused-ring (bicyclic) bond motifs is 3. The third-order valence-corrected chi connectivity index (χ3v) is 6.50. The van der Waals surface area contributed by atoms with Crippen molar-refractivity contribution in [2.75, 3.05) is 0 Å². The Kier molecular flexibility index (Phi) is 4.16. The lowest BCUT2D eigenvalue weighted by Crippen LogP contribution is -2.32. The van der Waals surface area contributed by atoms with Gasteiger partial charge in [-0.05, 0) is 51.9 Å². The Morgan fingerprint density at radius 3 is 2.09 bits per heavy atom. The molecule has 1 aliphatic heterocycles. The Morgan fingerprint density at radius 1 is 0.750 bits per heavy atom. The van der Waals surface area contributed by atoms with Crippen LogP contribution in [-0.2, 0) is 0 Å². The van der Waals surface area contributed by atoms with E-state index in [9.17, 15) is 0 Å². The lowest BCUT2D eigenvalue weighted by molar-refractivity contribution is -0.575. The van der Waals surface area contributed by atoms with Crippen molar-refractivity contribution in [2.45, 2.75) is 39.5 Å². The van der Waals surface area contributed by atoms with Gasteiger partial charge in [-0.1, -0.05) is 82.3 Å². The van der Waals surface area contributed by atoms with E-state index < -0.39 is 0 Å². The molecule has 0 radical (unpaired) electrons. The molecular formula is C29H26N2O. The van der Waals surface area contributed by atoms with E-state index in [0.29, 0.717) is 11.8 Å². The van der Waals surface area contributed by atoms with Crippen molar-refractivity contribution >= 4 is 21.8 Å². The minimum absolute atomic E-state index is 0.406. The molecule has 2 heterocycles. The zero-order valence-electron chi connectivity index (χ0n) is 18.9. The van der Waals surface area contributed by atoms with Gasteiger partial charge < -0.3 is 4.74 Å². The first kappa shape index (κ1) is 19.1. The largest absolute Gasteiger partial charge is 0.465 e. The maximum Gasteiger partial charge on any atom is 0.270 e. The summed E-state index contributed by atoms with van der Waals surface area (Å²) in [5.41, 5.74) is 7.10. The molecule has 1 aromatic heterocycles. The zero-order chi connectivity index (χ0) is 22.0. The van der Waals surface area contributed by atoms with Crippen molar-refractivity contribution in [3.05, 3.63) is 90.3 Å². The molecule has 32 heavy (non-hydrogen) atoms. The van der Waals surface area contributed by atoms with Crippen molar-refractivity contribution in [1.82, 2.24) is 4.57 Å². The van der Waals surface area contributed by atoms with E-state index in [0.717, 1.165) is 28.2 Å². The topological polar surface area (TPSA) is 18.0 Å². The second-order valence-electron chi connectivity index (χ2n) is 9.26. The monoisotopic (exact) mass is 418 g/mol. The van der Waals surface area contributed by atoms with Gasteiger partial charge in [0, 0.05) is 0 Å². The molecule has 158 valence electrons. The van der Waals surface area contributed by atoms with Gasteiger partial charge in [0.05, 0.1) is 11.2 Å². The lowest BCUT2D eigenvalue weighted by atomic mass is 9.92. The van der Waals surface area contributed by atoms with E-state index in [1.165, 1.54) is 27.6 Å². The van der Waals surface area contributed by atoms with Crippen LogP contribution < -0.4 is 9.30 Å². The first-order valence-electron chi connectivity index (χ1n) is 11.4. The van der Waals surface area contributed by atoms with E-state index in [4.69, 9.17) is 4.74 Å². The predicted molar refractivity (Wildman–Crippen MR) is 129 cm³/mol. The number of imidazole rings is 1. The highest BCUT2D eigenvalue weighted by Gasteiger charge is 2.26. The van der Waals surface area contributed by atoms with Crippen LogP contribution in [0.15, 0.2) is 72.8 Å². The first-order chi connectivity index (χ1) is 15.5. The van der Waals surface area contributed by atoms with Crippen LogP contribution in [0.3, 0.4) is 0 Å². The summed E-state index contributed by atoms with van der Waals surface area (Å²) in [5, 5.41) is 2.37. The number of aromatic nitrogens is 2. The Hall–Kier alpha value is -3.59. The Bertz CT molecular complexity index is 1480. The van der Waals surface area contributed by atoms with Gasteiger partial charge in [-0.15, -0.1) is 0 Å². The molecule has 0 saturated heterocycles. The van der Waals surface area contributed by atoms with E-state index in [1.54, 1.807) is 0 Å². The fraction of sp³-hybridized carbons (Fsp3) is 0.207. The third kappa shape index (κ3) is 2.70. The number of hydrogen-bond donors (Lipinski definition) is 0. The standard InChI is InChI=1S/C29H26N2O/c1-18(2)22-11-7-12-23(19(3)4)28(22)30-17-31-25-15-20-9-5-6-10-21(20)16-27(25)32-26-14-8-13-24(30)29(26)31/h5-16,18-19H,1-4H3. The van der Waals surface area contributed by atoms with E-state index >= 15 is 0 Å². The minimum atomic E-state index is 0.406. The molecule has 1 aliphatic rings. The zero-order valence-corrected chi connectivity index (χ0v) is 18.9. The highest BCUT2D eigenvalue weighted by atomic mass is 16.5. The number of rotatable bonds is 3. The van der Waals surface area contributed by atoms with Crippen LogP contribution in [0.25, 0.3) is 33.2 Å². The minimum Gasteiger partial charge on any atom is -0.465 e. The number of ether oxygens (including phenoxy) is 1. The van der Waals surface area contributed by atoms with Gasteiger partial charge in [0.15, 0.2) is 0 Å². The van der Waals surface area contributed by atoms with Crippen molar-refractivity contribution in [2.24, 2.45) is 0 Å². The summed E-state index contributed by atoms with van der Waals surface area (Å²) < 4.78 is 10.8. The van der Waals surface area contributed by atoms with Gasteiger partial charge in [-0.3, -0.25) is 9.13 Å². The average Bonchev–Trinajstić information content (AvgIpc) is 3.18. The molecule has 5 aromatic rings. The summed E-state index contributed by atoms with van der Waals surface area (Å²) in [5.74, 6) is 2.55. The lowest BCUT2D eigenvalue weighted by Gasteiger charge is -2.20. The number of nitrogens with zero attached hydrogens (tertiary/aromatic N) is 2. The van der Waals surface area contributed by atoms with Gasteiger partial charge in [0.1, 0.15) is 22.7 Å². The van der Waals surface area contributed by atoms with Crippen LogP contribution in [0.2, 0.25) is 0 Å². The van der Waals surface area contributed by atoms with E-state index in [2.05, 4.69) is 110 Å². The van der Waals surface area contributed by atoms with Crippen molar-refractivity contribution in [3.63, 3.8) is 0 Å². The molecule has 4 aromatic carbocycles. The maximum atomic E-state index is 6.41. The molecule has 0 fully saturated rings. The number of hydrogen-bond acceptors (Lipinski definition) is 1. The average molecular weight is 419 g/mol. The fourth-order valence-corrected chi connectivity index (χ4v) is 4.90. The molecule has 6 rings (SSSR count). The molecule has 0 amide bonds. The van der Waals surface area contributed by atoms with E-state index in [1.807, 2.05) is 6.07 Å². The molecule has 0 bridgehead atoms. The SMILES string of the molecule is CC(C)c1cccc(C(C)C)c1-n1[c-][n+]2c3c(cccc31)Oc1cc3ccccc3cc1-2. The van der Waals surface area contributed by atoms with Crippen molar-refractivity contribution in [3.8, 4) is 22.9 Å². The van der Waals surface area contributed by atoms with Gasteiger partial charge in [0.2, 0.25) is 0 Å². The summed E-state index contributed by atoms with van der Waals surface area (Å²) in [7, 11) is 0. The Balaban J connectivity index is 1.71. The molecule has 0 unspecified atom stereocenters. The van der Waals surface area contributed by atoms with Crippen molar-refractivity contribution < 1.29 is 9.30 Å². The Labute approximate surface area is 188 Å². The van der Waals surface area contributed by atoms with Gasteiger partial charge in [-0.25, -0.2) is 0 Å². The number of benzene rings is 4. The highest BCUT2D eigenvalue weighted by Crippen LogP contribution is 2.40. The molecule has 3 heteroatoms. The normalized spacial score (nSPS) is 12.6. The third-order valence-electron chi connectivity index (χ3n) is 6.50. The van der Waals surface area contributed by atoms with Gasteiger partial charge in [0.25, 0.3) is 6.33 Å². The summed E-state index contributed by atoms with van der Waals surface area (Å²) in [6.07, 6.45) is 3.71.